The minimum Gasteiger partial charge on any atom is -0.382 e. The Kier molecular flexibility index (Phi) is 4.42. The summed E-state index contributed by atoms with van der Waals surface area (Å²) in [5.74, 6) is -0.0799. The number of aromatic amines is 1. The number of nitrogens with one attached hydrogen (secondary N) is 1. The van der Waals surface area contributed by atoms with Crippen molar-refractivity contribution in [3.63, 3.8) is 0 Å². The number of nitrogen functional groups attached to an aromatic ring is 1. The van der Waals surface area contributed by atoms with Gasteiger partial charge in [-0.25, -0.2) is 9.55 Å². The Hall–Kier alpha value is -1.82. The van der Waals surface area contributed by atoms with Crippen LogP contribution >= 0.6 is 7.82 Å². The standard InChI is InChI=1S/C11H16N5O7P/c1-21-3-6-5(23-24(18,19)20)2-7(22-6)16-4-13-8-9(16)14-11(12)15-10(8)17/h4-7H,2-3H2,1H3,(H2,18,19,20)(H3,12,14,15,17)/t5-,6+,7+/m0/s1. The van der Waals surface area contributed by atoms with Crippen LogP contribution in [0, 0.1) is 0 Å². The second kappa shape index (κ2) is 6.24. The molecule has 1 saturated heterocycles. The minimum atomic E-state index is -4.69. The van der Waals surface area contributed by atoms with Gasteiger partial charge in [-0.3, -0.25) is 18.9 Å². The summed E-state index contributed by atoms with van der Waals surface area (Å²) in [6.45, 7) is 0.0734. The van der Waals surface area contributed by atoms with Crippen molar-refractivity contribution in [2.75, 3.05) is 19.5 Å². The monoisotopic (exact) mass is 361 g/mol. The van der Waals surface area contributed by atoms with Gasteiger partial charge in [0.25, 0.3) is 5.56 Å². The van der Waals surface area contributed by atoms with Crippen LogP contribution in [0.15, 0.2) is 11.1 Å². The van der Waals surface area contributed by atoms with Crippen LogP contribution in [-0.4, -0.2) is 55.2 Å². The van der Waals surface area contributed by atoms with Crippen molar-refractivity contribution in [2.24, 2.45) is 0 Å². The van der Waals surface area contributed by atoms with Crippen molar-refractivity contribution >= 4 is 24.9 Å². The van der Waals surface area contributed by atoms with Crippen molar-refractivity contribution in [3.8, 4) is 0 Å². The zero-order valence-corrected chi connectivity index (χ0v) is 13.4. The Bertz CT molecular complexity index is 845. The summed E-state index contributed by atoms with van der Waals surface area (Å²) in [6, 6.07) is 0. The molecule has 0 spiro atoms. The topological polar surface area (TPSA) is 175 Å². The van der Waals surface area contributed by atoms with Crippen LogP contribution in [0.2, 0.25) is 0 Å². The molecule has 5 N–H and O–H groups in total. The van der Waals surface area contributed by atoms with E-state index in [0.29, 0.717) is 0 Å². The van der Waals surface area contributed by atoms with E-state index >= 15 is 0 Å². The Morgan fingerprint density at radius 1 is 1.58 bits per heavy atom. The van der Waals surface area contributed by atoms with Gasteiger partial charge >= 0.3 is 7.82 Å². The molecule has 0 radical (unpaired) electrons. The molecule has 2 aromatic heterocycles. The summed E-state index contributed by atoms with van der Waals surface area (Å²) in [6.07, 6.45) is -0.836. The zero-order chi connectivity index (χ0) is 17.5. The number of imidazole rings is 1. The van der Waals surface area contributed by atoms with Gasteiger partial charge in [0.1, 0.15) is 18.4 Å². The second-order valence-electron chi connectivity index (χ2n) is 5.23. The molecule has 12 nitrogen and oxygen atoms in total. The number of fused-ring (bicyclic) bond motifs is 1. The second-order valence-corrected chi connectivity index (χ2v) is 6.42. The van der Waals surface area contributed by atoms with Gasteiger partial charge in [0.15, 0.2) is 11.2 Å². The van der Waals surface area contributed by atoms with Crippen LogP contribution in [0.4, 0.5) is 5.95 Å². The van der Waals surface area contributed by atoms with E-state index in [2.05, 4.69) is 15.0 Å². The number of phosphoric ester groups is 1. The summed E-state index contributed by atoms with van der Waals surface area (Å²) in [7, 11) is -3.26. The molecule has 13 heteroatoms. The molecule has 3 rings (SSSR count). The molecule has 0 aromatic carbocycles. The molecule has 24 heavy (non-hydrogen) atoms. The molecular weight excluding hydrogens is 345 g/mol. The Labute approximate surface area is 134 Å². The van der Waals surface area contributed by atoms with Gasteiger partial charge in [0.2, 0.25) is 5.95 Å². The van der Waals surface area contributed by atoms with Gasteiger partial charge in [0.05, 0.1) is 12.9 Å². The number of hydrogen-bond acceptors (Lipinski definition) is 8. The lowest BCUT2D eigenvalue weighted by Crippen LogP contribution is -2.27. The van der Waals surface area contributed by atoms with Crippen LogP contribution in [-0.2, 0) is 18.6 Å². The van der Waals surface area contributed by atoms with Gasteiger partial charge in [-0.05, 0) is 0 Å². The lowest BCUT2D eigenvalue weighted by atomic mass is 10.2. The molecule has 1 fully saturated rings. The molecule has 2 aromatic rings. The quantitative estimate of drug-likeness (QED) is 0.489. The highest BCUT2D eigenvalue weighted by Gasteiger charge is 2.41. The third kappa shape index (κ3) is 3.34. The fourth-order valence-corrected chi connectivity index (χ4v) is 3.20. The molecule has 0 unspecified atom stereocenters. The summed E-state index contributed by atoms with van der Waals surface area (Å²) in [5.41, 5.74) is 5.33. The predicted molar refractivity (Wildman–Crippen MR) is 79.9 cm³/mol. The molecule has 0 bridgehead atoms. The van der Waals surface area contributed by atoms with Gasteiger partial charge in [-0.15, -0.1) is 0 Å². The van der Waals surface area contributed by atoms with Crippen LogP contribution < -0.4 is 11.3 Å². The minimum absolute atomic E-state index is 0.0734. The summed E-state index contributed by atoms with van der Waals surface area (Å²) < 4.78 is 28.1. The van der Waals surface area contributed by atoms with Crippen molar-refractivity contribution in [1.29, 1.82) is 0 Å². The molecule has 3 heterocycles. The first-order valence-corrected chi connectivity index (χ1v) is 8.42. The first kappa shape index (κ1) is 17.0. The lowest BCUT2D eigenvalue weighted by molar-refractivity contribution is -0.0515. The highest BCUT2D eigenvalue weighted by molar-refractivity contribution is 7.46. The van der Waals surface area contributed by atoms with E-state index in [-0.39, 0.29) is 30.1 Å². The maximum atomic E-state index is 11.8. The van der Waals surface area contributed by atoms with Crippen molar-refractivity contribution < 1.29 is 28.3 Å². The summed E-state index contributed by atoms with van der Waals surface area (Å²) >= 11 is 0. The van der Waals surface area contributed by atoms with Crippen molar-refractivity contribution in [1.82, 2.24) is 19.5 Å². The molecule has 1 aliphatic rings. The third-order valence-electron chi connectivity index (χ3n) is 3.55. The van der Waals surface area contributed by atoms with E-state index in [1.165, 1.54) is 18.0 Å². The maximum absolute atomic E-state index is 11.8. The largest absolute Gasteiger partial charge is 0.469 e. The van der Waals surface area contributed by atoms with E-state index in [1.807, 2.05) is 0 Å². The number of rotatable bonds is 5. The number of anilines is 1. The molecule has 0 saturated carbocycles. The van der Waals surface area contributed by atoms with Gasteiger partial charge in [0, 0.05) is 13.5 Å². The van der Waals surface area contributed by atoms with Crippen LogP contribution in [0.25, 0.3) is 11.2 Å². The van der Waals surface area contributed by atoms with Crippen molar-refractivity contribution in [3.05, 3.63) is 16.7 Å². The number of methoxy groups -OCH3 is 1. The fourth-order valence-electron chi connectivity index (χ4n) is 2.63. The Morgan fingerprint density at radius 3 is 3.00 bits per heavy atom. The zero-order valence-electron chi connectivity index (χ0n) is 12.5. The molecule has 0 aliphatic carbocycles. The fraction of sp³-hybridized carbons (Fsp3) is 0.545. The number of ether oxygens (including phenoxy) is 2. The van der Waals surface area contributed by atoms with Gasteiger partial charge in [-0.1, -0.05) is 0 Å². The average Bonchev–Trinajstić information content (AvgIpc) is 3.02. The van der Waals surface area contributed by atoms with E-state index in [9.17, 15) is 9.36 Å². The van der Waals surface area contributed by atoms with Gasteiger partial charge in [-0.2, -0.15) is 4.98 Å². The number of aromatic nitrogens is 4. The summed E-state index contributed by atoms with van der Waals surface area (Å²) in [4.78, 5) is 40.2. The molecule has 132 valence electrons. The van der Waals surface area contributed by atoms with Crippen LogP contribution in [0.5, 0.6) is 0 Å². The highest BCUT2D eigenvalue weighted by atomic mass is 31.2. The first-order valence-electron chi connectivity index (χ1n) is 6.89. The summed E-state index contributed by atoms with van der Waals surface area (Å²) in [5, 5.41) is 0. The van der Waals surface area contributed by atoms with E-state index in [0.717, 1.165) is 0 Å². The number of H-pyrrole nitrogens is 1. The predicted octanol–water partition coefficient (Wildman–Crippen LogP) is -0.886. The van der Waals surface area contributed by atoms with E-state index in [4.69, 9.17) is 29.5 Å². The number of nitrogens with two attached hydrogens (primary N) is 1. The number of hydrogen-bond donors (Lipinski definition) is 4. The average molecular weight is 361 g/mol. The van der Waals surface area contributed by atoms with Crippen LogP contribution in [0.1, 0.15) is 12.6 Å². The van der Waals surface area contributed by atoms with Crippen LogP contribution in [0.3, 0.4) is 0 Å². The Morgan fingerprint density at radius 2 is 2.33 bits per heavy atom. The molecule has 1 aliphatic heterocycles. The number of phosphoric acid groups is 1. The first-order chi connectivity index (χ1) is 11.3. The normalized spacial score (nSPS) is 24.7. The maximum Gasteiger partial charge on any atom is 0.469 e. The van der Waals surface area contributed by atoms with E-state index in [1.54, 1.807) is 0 Å². The smallest absolute Gasteiger partial charge is 0.382 e. The van der Waals surface area contributed by atoms with E-state index < -0.39 is 31.8 Å². The molecule has 0 amide bonds. The number of nitrogens with zero attached hydrogens (tertiary/aromatic N) is 3. The Balaban J connectivity index is 1.93. The SMILES string of the molecule is COC[C@H]1O[C@@H](n2cnc3c(=O)[nH]c(N)nc32)C[C@@H]1OP(=O)(O)O. The van der Waals surface area contributed by atoms with Crippen molar-refractivity contribution in [2.45, 2.75) is 24.9 Å². The molecular formula is C11H16N5O7P. The highest BCUT2D eigenvalue weighted by Crippen LogP contribution is 2.43. The molecule has 3 atom stereocenters. The third-order valence-corrected chi connectivity index (χ3v) is 4.09. The van der Waals surface area contributed by atoms with Gasteiger partial charge < -0.3 is 25.0 Å². The lowest BCUT2D eigenvalue weighted by Gasteiger charge is -2.18.